The van der Waals surface area contributed by atoms with E-state index in [1.807, 2.05) is 6.92 Å². The lowest BCUT2D eigenvalue weighted by Gasteiger charge is -2.14. The SMILES string of the molecule is COCCC1(CNc2nc(C)ns2)CC1. The summed E-state index contributed by atoms with van der Waals surface area (Å²) in [5.41, 5.74) is 0.468. The summed E-state index contributed by atoms with van der Waals surface area (Å²) in [6.07, 6.45) is 3.76. The van der Waals surface area contributed by atoms with Crippen LogP contribution in [0, 0.1) is 12.3 Å². The molecule has 1 aromatic heterocycles. The monoisotopic (exact) mass is 227 g/mol. The summed E-state index contributed by atoms with van der Waals surface area (Å²) in [7, 11) is 1.76. The van der Waals surface area contributed by atoms with E-state index in [0.717, 1.165) is 30.5 Å². The molecule has 1 fully saturated rings. The standard InChI is InChI=1S/C10H17N3OS/c1-8-12-9(15-13-8)11-7-10(3-4-10)5-6-14-2/h3-7H2,1-2H3,(H,11,12,13). The van der Waals surface area contributed by atoms with Gasteiger partial charge in [-0.2, -0.15) is 4.37 Å². The Hall–Kier alpha value is -0.680. The summed E-state index contributed by atoms with van der Waals surface area (Å²) < 4.78 is 9.26. The summed E-state index contributed by atoms with van der Waals surface area (Å²) in [6.45, 7) is 3.78. The molecular weight excluding hydrogens is 210 g/mol. The second kappa shape index (κ2) is 4.45. The molecule has 0 aromatic carbocycles. The molecule has 0 atom stereocenters. The number of methoxy groups -OCH3 is 1. The molecule has 5 heteroatoms. The van der Waals surface area contributed by atoms with Crippen LogP contribution in [-0.4, -0.2) is 29.6 Å². The third-order valence-corrected chi connectivity index (χ3v) is 3.70. The molecule has 1 aromatic rings. The summed E-state index contributed by atoms with van der Waals surface area (Å²) >= 11 is 1.44. The van der Waals surface area contributed by atoms with Crippen LogP contribution in [0.4, 0.5) is 5.13 Å². The Morgan fingerprint density at radius 2 is 2.33 bits per heavy atom. The minimum atomic E-state index is 0.468. The average Bonchev–Trinajstić information content (AvgIpc) is 2.89. The van der Waals surface area contributed by atoms with E-state index in [0.29, 0.717) is 5.41 Å². The van der Waals surface area contributed by atoms with Gasteiger partial charge < -0.3 is 10.1 Å². The Morgan fingerprint density at radius 1 is 1.53 bits per heavy atom. The van der Waals surface area contributed by atoms with Gasteiger partial charge in [0.2, 0.25) is 5.13 Å². The fourth-order valence-corrected chi connectivity index (χ4v) is 2.21. The highest BCUT2D eigenvalue weighted by atomic mass is 32.1. The van der Waals surface area contributed by atoms with Crippen LogP contribution in [0.3, 0.4) is 0 Å². The molecule has 4 nitrogen and oxygen atoms in total. The van der Waals surface area contributed by atoms with Gasteiger partial charge >= 0.3 is 0 Å². The fourth-order valence-electron chi connectivity index (χ4n) is 1.64. The van der Waals surface area contributed by atoms with Gasteiger partial charge in [-0.3, -0.25) is 0 Å². The molecule has 1 aliphatic carbocycles. The van der Waals surface area contributed by atoms with Crippen molar-refractivity contribution in [1.82, 2.24) is 9.36 Å². The highest BCUT2D eigenvalue weighted by molar-refractivity contribution is 7.09. The van der Waals surface area contributed by atoms with Crippen molar-refractivity contribution >= 4 is 16.7 Å². The van der Waals surface area contributed by atoms with Crippen molar-refractivity contribution in [3.63, 3.8) is 0 Å². The molecule has 15 heavy (non-hydrogen) atoms. The van der Waals surface area contributed by atoms with Gasteiger partial charge in [0.1, 0.15) is 5.82 Å². The topological polar surface area (TPSA) is 47.0 Å². The Kier molecular flexibility index (Phi) is 3.21. The van der Waals surface area contributed by atoms with Crippen LogP contribution in [0.1, 0.15) is 25.1 Å². The number of ether oxygens (including phenoxy) is 1. The molecule has 0 spiro atoms. The summed E-state index contributed by atoms with van der Waals surface area (Å²) in [4.78, 5) is 4.29. The van der Waals surface area contributed by atoms with E-state index in [2.05, 4.69) is 14.7 Å². The van der Waals surface area contributed by atoms with Crippen molar-refractivity contribution in [2.45, 2.75) is 26.2 Å². The Bertz CT molecular complexity index is 322. The van der Waals surface area contributed by atoms with Crippen molar-refractivity contribution in [1.29, 1.82) is 0 Å². The first kappa shape index (κ1) is 10.8. The number of nitrogens with zero attached hydrogens (tertiary/aromatic N) is 2. The zero-order valence-electron chi connectivity index (χ0n) is 9.25. The first-order valence-electron chi connectivity index (χ1n) is 5.27. The second-order valence-corrected chi connectivity index (χ2v) is 4.99. The number of nitrogens with one attached hydrogen (secondary N) is 1. The number of hydrogen-bond acceptors (Lipinski definition) is 5. The van der Waals surface area contributed by atoms with Crippen LogP contribution >= 0.6 is 11.5 Å². The van der Waals surface area contributed by atoms with E-state index in [1.54, 1.807) is 7.11 Å². The van der Waals surface area contributed by atoms with E-state index in [4.69, 9.17) is 4.74 Å². The van der Waals surface area contributed by atoms with Crippen LogP contribution < -0.4 is 5.32 Å². The van der Waals surface area contributed by atoms with E-state index in [-0.39, 0.29) is 0 Å². The molecule has 0 aliphatic heterocycles. The van der Waals surface area contributed by atoms with Crippen molar-refractivity contribution < 1.29 is 4.74 Å². The number of rotatable bonds is 6. The summed E-state index contributed by atoms with van der Waals surface area (Å²) in [5.74, 6) is 0.851. The number of aryl methyl sites for hydroxylation is 1. The fraction of sp³-hybridized carbons (Fsp3) is 0.800. The van der Waals surface area contributed by atoms with Crippen molar-refractivity contribution in [3.8, 4) is 0 Å². The molecule has 0 amide bonds. The van der Waals surface area contributed by atoms with E-state index in [9.17, 15) is 0 Å². The molecule has 1 aliphatic rings. The van der Waals surface area contributed by atoms with Crippen molar-refractivity contribution in [3.05, 3.63) is 5.82 Å². The van der Waals surface area contributed by atoms with E-state index >= 15 is 0 Å². The molecule has 1 heterocycles. The maximum absolute atomic E-state index is 5.12. The van der Waals surface area contributed by atoms with Gasteiger partial charge in [0.05, 0.1) is 0 Å². The quantitative estimate of drug-likeness (QED) is 0.808. The minimum Gasteiger partial charge on any atom is -0.385 e. The summed E-state index contributed by atoms with van der Waals surface area (Å²) in [6, 6.07) is 0. The van der Waals surface area contributed by atoms with Gasteiger partial charge in [0.15, 0.2) is 0 Å². The number of aromatic nitrogens is 2. The van der Waals surface area contributed by atoms with Crippen molar-refractivity contribution in [2.24, 2.45) is 5.41 Å². The highest BCUT2D eigenvalue weighted by Gasteiger charge is 2.41. The lowest BCUT2D eigenvalue weighted by Crippen LogP contribution is -2.17. The van der Waals surface area contributed by atoms with Crippen LogP contribution in [0.5, 0.6) is 0 Å². The molecule has 0 unspecified atom stereocenters. The number of anilines is 1. The Labute approximate surface area is 94.2 Å². The minimum absolute atomic E-state index is 0.468. The third-order valence-electron chi connectivity index (χ3n) is 2.94. The van der Waals surface area contributed by atoms with Gasteiger partial charge in [-0.1, -0.05) is 0 Å². The lowest BCUT2D eigenvalue weighted by atomic mass is 10.0. The molecule has 1 saturated carbocycles. The molecule has 1 N–H and O–H groups in total. The predicted octanol–water partition coefficient (Wildman–Crippen LogP) is 2.08. The zero-order valence-corrected chi connectivity index (χ0v) is 10.1. The molecular formula is C10H17N3OS. The Balaban J connectivity index is 1.78. The Morgan fingerprint density at radius 3 is 2.87 bits per heavy atom. The van der Waals surface area contributed by atoms with E-state index in [1.165, 1.54) is 24.4 Å². The molecule has 0 bridgehead atoms. The number of hydrogen-bond donors (Lipinski definition) is 1. The smallest absolute Gasteiger partial charge is 0.202 e. The highest BCUT2D eigenvalue weighted by Crippen LogP contribution is 2.48. The predicted molar refractivity (Wildman–Crippen MR) is 61.3 cm³/mol. The van der Waals surface area contributed by atoms with Gasteiger partial charge in [-0.05, 0) is 31.6 Å². The van der Waals surface area contributed by atoms with Crippen molar-refractivity contribution in [2.75, 3.05) is 25.6 Å². The first-order chi connectivity index (χ1) is 7.24. The van der Waals surface area contributed by atoms with Crippen LogP contribution in [0.25, 0.3) is 0 Å². The third kappa shape index (κ3) is 2.89. The van der Waals surface area contributed by atoms with Gasteiger partial charge in [0.25, 0.3) is 0 Å². The largest absolute Gasteiger partial charge is 0.385 e. The van der Waals surface area contributed by atoms with Gasteiger partial charge in [0, 0.05) is 31.8 Å². The first-order valence-corrected chi connectivity index (χ1v) is 6.05. The van der Waals surface area contributed by atoms with Gasteiger partial charge in [-0.15, -0.1) is 0 Å². The van der Waals surface area contributed by atoms with Crippen LogP contribution in [0.15, 0.2) is 0 Å². The van der Waals surface area contributed by atoms with Crippen LogP contribution in [-0.2, 0) is 4.74 Å². The average molecular weight is 227 g/mol. The second-order valence-electron chi connectivity index (χ2n) is 4.24. The molecule has 0 radical (unpaired) electrons. The summed E-state index contributed by atoms with van der Waals surface area (Å²) in [5, 5.41) is 4.31. The molecule has 2 rings (SSSR count). The van der Waals surface area contributed by atoms with E-state index < -0.39 is 0 Å². The maximum atomic E-state index is 5.12. The van der Waals surface area contributed by atoms with Crippen LogP contribution in [0.2, 0.25) is 0 Å². The lowest BCUT2D eigenvalue weighted by molar-refractivity contribution is 0.175. The van der Waals surface area contributed by atoms with Gasteiger partial charge in [-0.25, -0.2) is 4.98 Å². The normalized spacial score (nSPS) is 17.7. The maximum Gasteiger partial charge on any atom is 0.202 e. The zero-order chi connectivity index (χ0) is 10.7. The molecule has 84 valence electrons. The molecule has 0 saturated heterocycles.